The molecule has 0 atom stereocenters. The van der Waals surface area contributed by atoms with Crippen molar-refractivity contribution in [1.29, 1.82) is 5.26 Å². The molecule has 1 heterocycles. The first kappa shape index (κ1) is 17.3. The summed E-state index contributed by atoms with van der Waals surface area (Å²) in [6.45, 7) is 3.99. The summed E-state index contributed by atoms with van der Waals surface area (Å²) in [6, 6.07) is 6.12. The summed E-state index contributed by atoms with van der Waals surface area (Å²) in [7, 11) is 1.57. The zero-order chi connectivity index (χ0) is 18.2. The summed E-state index contributed by atoms with van der Waals surface area (Å²) >= 11 is 0. The number of hydrogen-bond donors (Lipinski definition) is 1. The van der Waals surface area contributed by atoms with Gasteiger partial charge in [-0.1, -0.05) is 19.9 Å². The third kappa shape index (κ3) is 2.84. The Balaban J connectivity index is 2.11. The van der Waals surface area contributed by atoms with E-state index in [-0.39, 0.29) is 11.8 Å². The SMILES string of the molecule is COc1ccc([C@]2(C#N)CC[C@@H](C(=O)O)CC2)c2nc(C(C)C)oc12. The monoisotopic (exact) mass is 342 g/mol. The highest BCUT2D eigenvalue weighted by Crippen LogP contribution is 2.45. The topological polar surface area (TPSA) is 96.3 Å². The van der Waals surface area contributed by atoms with E-state index in [4.69, 9.17) is 9.15 Å². The average molecular weight is 342 g/mol. The Labute approximate surface area is 146 Å². The van der Waals surface area contributed by atoms with Gasteiger partial charge in [0.15, 0.2) is 17.2 Å². The van der Waals surface area contributed by atoms with Gasteiger partial charge in [0.1, 0.15) is 5.52 Å². The highest BCUT2D eigenvalue weighted by Gasteiger charge is 2.41. The Morgan fingerprint density at radius 2 is 2.12 bits per heavy atom. The second-order valence-electron chi connectivity index (χ2n) is 7.01. The number of methoxy groups -OCH3 is 1. The van der Waals surface area contributed by atoms with Gasteiger partial charge in [-0.05, 0) is 31.7 Å². The van der Waals surface area contributed by atoms with Gasteiger partial charge >= 0.3 is 5.97 Å². The number of oxazole rings is 1. The van der Waals surface area contributed by atoms with Crippen LogP contribution in [0.5, 0.6) is 5.75 Å². The molecule has 1 saturated carbocycles. The normalized spacial score (nSPS) is 23.6. The van der Waals surface area contributed by atoms with Crippen LogP contribution >= 0.6 is 0 Å². The smallest absolute Gasteiger partial charge is 0.306 e. The highest BCUT2D eigenvalue weighted by molar-refractivity contribution is 5.84. The molecule has 0 radical (unpaired) electrons. The van der Waals surface area contributed by atoms with Crippen molar-refractivity contribution in [2.24, 2.45) is 5.92 Å². The van der Waals surface area contributed by atoms with Crippen molar-refractivity contribution in [3.05, 3.63) is 23.6 Å². The molecule has 1 aliphatic carbocycles. The van der Waals surface area contributed by atoms with Gasteiger partial charge in [-0.25, -0.2) is 4.98 Å². The Hall–Kier alpha value is -2.55. The summed E-state index contributed by atoms with van der Waals surface area (Å²) in [5.74, 6) is 0.151. The van der Waals surface area contributed by atoms with E-state index in [1.807, 2.05) is 19.9 Å². The molecule has 1 aliphatic rings. The molecule has 1 aromatic heterocycles. The largest absolute Gasteiger partial charge is 0.493 e. The molecule has 0 spiro atoms. The van der Waals surface area contributed by atoms with E-state index in [9.17, 15) is 15.2 Å². The average Bonchev–Trinajstić information content (AvgIpc) is 3.06. The van der Waals surface area contributed by atoms with E-state index in [2.05, 4.69) is 11.1 Å². The fraction of sp³-hybridized carbons (Fsp3) is 0.526. The maximum absolute atomic E-state index is 11.2. The molecule has 6 nitrogen and oxygen atoms in total. The van der Waals surface area contributed by atoms with E-state index in [1.165, 1.54) is 0 Å². The van der Waals surface area contributed by atoms with Crippen molar-refractivity contribution in [3.63, 3.8) is 0 Å². The van der Waals surface area contributed by atoms with Crippen molar-refractivity contribution in [2.45, 2.75) is 50.9 Å². The quantitative estimate of drug-likeness (QED) is 0.902. The molecule has 3 rings (SSSR count). The number of benzene rings is 1. The first-order chi connectivity index (χ1) is 11.9. The van der Waals surface area contributed by atoms with Gasteiger partial charge in [0.25, 0.3) is 0 Å². The lowest BCUT2D eigenvalue weighted by Gasteiger charge is -2.33. The summed E-state index contributed by atoms with van der Waals surface area (Å²) < 4.78 is 11.3. The van der Waals surface area contributed by atoms with Gasteiger partial charge in [-0.2, -0.15) is 5.26 Å². The fourth-order valence-corrected chi connectivity index (χ4v) is 3.59. The summed E-state index contributed by atoms with van der Waals surface area (Å²) in [5.41, 5.74) is 1.28. The van der Waals surface area contributed by atoms with Crippen LogP contribution in [0, 0.1) is 17.2 Å². The second-order valence-corrected chi connectivity index (χ2v) is 7.01. The minimum Gasteiger partial charge on any atom is -0.493 e. The highest BCUT2D eigenvalue weighted by atomic mass is 16.5. The zero-order valence-electron chi connectivity index (χ0n) is 14.7. The van der Waals surface area contributed by atoms with Crippen LogP contribution in [0.2, 0.25) is 0 Å². The van der Waals surface area contributed by atoms with Gasteiger partial charge in [-0.3, -0.25) is 4.79 Å². The molecular formula is C19H22N2O4. The number of carboxylic acid groups (broad SMARTS) is 1. The standard InChI is InChI=1S/C19H22N2O4/c1-11(2)17-21-15-13(4-5-14(24-3)16(15)25-17)19(10-20)8-6-12(7-9-19)18(22)23/h4-5,11-12H,6-9H2,1-3H3,(H,22,23)/t12-,19-. The summed E-state index contributed by atoms with van der Waals surface area (Å²) in [5, 5.41) is 19.2. The predicted octanol–water partition coefficient (Wildman–Crippen LogP) is 4.00. The van der Waals surface area contributed by atoms with E-state index in [0.29, 0.717) is 48.4 Å². The molecule has 2 aromatic rings. The first-order valence-electron chi connectivity index (χ1n) is 8.54. The van der Waals surface area contributed by atoms with Gasteiger partial charge in [0, 0.05) is 11.5 Å². The van der Waals surface area contributed by atoms with Crippen LogP contribution in [-0.2, 0) is 10.2 Å². The number of carbonyl (C=O) groups is 1. The van der Waals surface area contributed by atoms with E-state index in [1.54, 1.807) is 13.2 Å². The van der Waals surface area contributed by atoms with Gasteiger partial charge < -0.3 is 14.3 Å². The van der Waals surface area contributed by atoms with Crippen molar-refractivity contribution < 1.29 is 19.1 Å². The number of hydrogen-bond acceptors (Lipinski definition) is 5. The number of nitrogens with zero attached hydrogens (tertiary/aromatic N) is 2. The van der Waals surface area contributed by atoms with Crippen molar-refractivity contribution >= 4 is 17.1 Å². The number of nitriles is 1. The number of carboxylic acids is 1. The van der Waals surface area contributed by atoms with Crippen molar-refractivity contribution in [3.8, 4) is 11.8 Å². The van der Waals surface area contributed by atoms with Gasteiger partial charge in [0.05, 0.1) is 24.5 Å². The minimum absolute atomic E-state index is 0.116. The first-order valence-corrected chi connectivity index (χ1v) is 8.54. The maximum atomic E-state index is 11.2. The van der Waals surface area contributed by atoms with Crippen LogP contribution in [0.25, 0.3) is 11.1 Å². The van der Waals surface area contributed by atoms with Crippen LogP contribution in [0.15, 0.2) is 16.5 Å². The maximum Gasteiger partial charge on any atom is 0.306 e. The third-order valence-corrected chi connectivity index (χ3v) is 5.16. The molecule has 0 aliphatic heterocycles. The van der Waals surface area contributed by atoms with E-state index in [0.717, 1.165) is 5.56 Å². The summed E-state index contributed by atoms with van der Waals surface area (Å²) in [4.78, 5) is 15.9. The minimum atomic E-state index is -0.782. The third-order valence-electron chi connectivity index (χ3n) is 5.16. The van der Waals surface area contributed by atoms with E-state index >= 15 is 0 Å². The lowest BCUT2D eigenvalue weighted by molar-refractivity contribution is -0.143. The molecule has 1 N–H and O–H groups in total. The lowest BCUT2D eigenvalue weighted by Crippen LogP contribution is -2.33. The van der Waals surface area contributed by atoms with Gasteiger partial charge in [-0.15, -0.1) is 0 Å². The van der Waals surface area contributed by atoms with Crippen LogP contribution in [0.1, 0.15) is 56.9 Å². The Bertz CT molecular complexity index is 839. The molecule has 0 amide bonds. The molecule has 0 saturated heterocycles. The molecule has 0 unspecified atom stereocenters. The second kappa shape index (κ2) is 6.40. The van der Waals surface area contributed by atoms with Crippen LogP contribution in [0.3, 0.4) is 0 Å². The molecule has 25 heavy (non-hydrogen) atoms. The Morgan fingerprint density at radius 1 is 1.44 bits per heavy atom. The van der Waals surface area contributed by atoms with Crippen molar-refractivity contribution in [2.75, 3.05) is 7.11 Å². The molecular weight excluding hydrogens is 320 g/mol. The van der Waals surface area contributed by atoms with Crippen LogP contribution < -0.4 is 4.74 Å². The number of rotatable bonds is 4. The summed E-state index contributed by atoms with van der Waals surface area (Å²) in [6.07, 6.45) is 1.99. The Morgan fingerprint density at radius 3 is 2.64 bits per heavy atom. The molecule has 1 aromatic carbocycles. The predicted molar refractivity (Wildman–Crippen MR) is 91.5 cm³/mol. The number of aliphatic carboxylic acids is 1. The lowest BCUT2D eigenvalue weighted by atomic mass is 9.67. The van der Waals surface area contributed by atoms with Crippen LogP contribution in [0.4, 0.5) is 0 Å². The molecule has 1 fully saturated rings. The van der Waals surface area contributed by atoms with Crippen LogP contribution in [-0.4, -0.2) is 23.2 Å². The van der Waals surface area contributed by atoms with Gasteiger partial charge in [0.2, 0.25) is 0 Å². The number of ether oxygens (including phenoxy) is 1. The number of fused-ring (bicyclic) bond motifs is 1. The Kier molecular flexibility index (Phi) is 4.42. The molecule has 132 valence electrons. The van der Waals surface area contributed by atoms with E-state index < -0.39 is 11.4 Å². The number of aromatic nitrogens is 1. The molecule has 0 bridgehead atoms. The fourth-order valence-electron chi connectivity index (χ4n) is 3.59. The van der Waals surface area contributed by atoms with Crippen molar-refractivity contribution in [1.82, 2.24) is 4.98 Å². The zero-order valence-corrected chi connectivity index (χ0v) is 14.7. The molecule has 6 heteroatoms.